The van der Waals surface area contributed by atoms with Gasteiger partial charge in [0.15, 0.2) is 0 Å². The Labute approximate surface area is 138 Å². The zero-order chi connectivity index (χ0) is 16.3. The zero-order valence-corrected chi connectivity index (χ0v) is 14.1. The van der Waals surface area contributed by atoms with Crippen LogP contribution in [-0.4, -0.2) is 14.5 Å². The molecule has 0 atom stereocenters. The van der Waals surface area contributed by atoms with E-state index in [0.717, 1.165) is 31.2 Å². The maximum Gasteiger partial charge on any atom is 0.297 e. The van der Waals surface area contributed by atoms with Gasteiger partial charge >= 0.3 is 0 Å². The normalized spacial score (nSPS) is 22.0. The van der Waals surface area contributed by atoms with E-state index in [0.29, 0.717) is 5.92 Å². The van der Waals surface area contributed by atoms with Crippen molar-refractivity contribution in [2.24, 2.45) is 0 Å². The number of aryl methyl sites for hydroxylation is 1. The second-order valence-electron chi connectivity index (χ2n) is 6.25. The highest BCUT2D eigenvalue weighted by atomic mass is 32.2. The molecule has 0 radical (unpaired) electrons. The van der Waals surface area contributed by atoms with Crippen LogP contribution in [0.4, 0.5) is 0 Å². The van der Waals surface area contributed by atoms with Crippen LogP contribution in [0.2, 0.25) is 0 Å². The van der Waals surface area contributed by atoms with E-state index in [1.807, 2.05) is 13.0 Å². The van der Waals surface area contributed by atoms with Gasteiger partial charge in [-0.2, -0.15) is 8.42 Å². The van der Waals surface area contributed by atoms with Gasteiger partial charge in [-0.05, 0) is 56.2 Å². The summed E-state index contributed by atoms with van der Waals surface area (Å²) in [6, 6.07) is 17.2. The Morgan fingerprint density at radius 2 is 1.48 bits per heavy atom. The lowest BCUT2D eigenvalue weighted by atomic mass is 9.83. The molecule has 1 aliphatic carbocycles. The number of hydrogen-bond donors (Lipinski definition) is 0. The highest BCUT2D eigenvalue weighted by Gasteiger charge is 2.27. The first kappa shape index (κ1) is 16.2. The summed E-state index contributed by atoms with van der Waals surface area (Å²) in [6.07, 6.45) is 3.30. The molecule has 0 N–H and O–H groups in total. The van der Waals surface area contributed by atoms with Crippen molar-refractivity contribution in [1.29, 1.82) is 0 Å². The molecule has 0 bridgehead atoms. The lowest BCUT2D eigenvalue weighted by molar-refractivity contribution is 0.153. The Balaban J connectivity index is 1.61. The van der Waals surface area contributed by atoms with Crippen molar-refractivity contribution in [3.8, 4) is 0 Å². The Morgan fingerprint density at radius 1 is 0.870 bits per heavy atom. The van der Waals surface area contributed by atoms with Gasteiger partial charge in [-0.15, -0.1) is 0 Å². The van der Waals surface area contributed by atoms with Crippen molar-refractivity contribution in [2.75, 3.05) is 0 Å². The summed E-state index contributed by atoms with van der Waals surface area (Å²) >= 11 is 0. The quantitative estimate of drug-likeness (QED) is 0.779. The fraction of sp³-hybridized carbons (Fsp3) is 0.368. The molecule has 0 spiro atoms. The summed E-state index contributed by atoms with van der Waals surface area (Å²) < 4.78 is 30.1. The van der Waals surface area contributed by atoms with Gasteiger partial charge in [0.1, 0.15) is 0 Å². The molecule has 4 heteroatoms. The first-order chi connectivity index (χ1) is 11.0. The smallest absolute Gasteiger partial charge is 0.263 e. The minimum absolute atomic E-state index is 0.207. The third-order valence-corrected chi connectivity index (χ3v) is 5.89. The molecule has 23 heavy (non-hydrogen) atoms. The van der Waals surface area contributed by atoms with Crippen LogP contribution >= 0.6 is 0 Å². The topological polar surface area (TPSA) is 43.4 Å². The summed E-state index contributed by atoms with van der Waals surface area (Å²) in [5.41, 5.74) is 2.37. The summed E-state index contributed by atoms with van der Waals surface area (Å²) in [5, 5.41) is 0. The van der Waals surface area contributed by atoms with Gasteiger partial charge in [0.25, 0.3) is 10.1 Å². The van der Waals surface area contributed by atoms with Crippen LogP contribution in [0, 0.1) is 6.92 Å². The lowest BCUT2D eigenvalue weighted by Gasteiger charge is -2.28. The van der Waals surface area contributed by atoms with Gasteiger partial charge in [0.05, 0.1) is 11.0 Å². The van der Waals surface area contributed by atoms with Gasteiger partial charge in [-0.25, -0.2) is 0 Å². The van der Waals surface area contributed by atoms with Crippen molar-refractivity contribution in [1.82, 2.24) is 0 Å². The molecule has 3 nitrogen and oxygen atoms in total. The summed E-state index contributed by atoms with van der Waals surface area (Å²) in [6.45, 7) is 1.93. The average molecular weight is 330 g/mol. The minimum atomic E-state index is -3.66. The Bertz CT molecular complexity index is 728. The summed E-state index contributed by atoms with van der Waals surface area (Å²) in [5.74, 6) is 0.512. The molecule has 2 aromatic carbocycles. The van der Waals surface area contributed by atoms with E-state index in [2.05, 4.69) is 24.3 Å². The lowest BCUT2D eigenvalue weighted by Crippen LogP contribution is -2.24. The van der Waals surface area contributed by atoms with Crippen LogP contribution in [0.1, 0.15) is 42.7 Å². The first-order valence-electron chi connectivity index (χ1n) is 8.09. The standard InChI is InChI=1S/C19H22O3S/c1-15-7-13-19(14-8-15)23(20,21)22-18-11-9-17(10-12-18)16-5-3-2-4-6-16/h2-8,13-14,17-18H,9-12H2,1H3/t17-,18-. The molecular formula is C19H22O3S. The number of benzene rings is 2. The molecule has 3 rings (SSSR count). The first-order valence-corrected chi connectivity index (χ1v) is 9.50. The molecule has 1 saturated carbocycles. The van der Waals surface area contributed by atoms with Crippen LogP contribution in [-0.2, 0) is 14.3 Å². The molecule has 1 aliphatic rings. The van der Waals surface area contributed by atoms with Crippen LogP contribution in [0.3, 0.4) is 0 Å². The second-order valence-corrected chi connectivity index (χ2v) is 7.82. The molecule has 0 aromatic heterocycles. The molecule has 1 fully saturated rings. The van der Waals surface area contributed by atoms with Crippen LogP contribution in [0.25, 0.3) is 0 Å². The van der Waals surface area contributed by atoms with E-state index in [-0.39, 0.29) is 11.0 Å². The molecule has 0 aliphatic heterocycles. The predicted molar refractivity (Wildman–Crippen MR) is 90.9 cm³/mol. The van der Waals surface area contributed by atoms with Crippen LogP contribution in [0.5, 0.6) is 0 Å². The number of hydrogen-bond acceptors (Lipinski definition) is 3. The Morgan fingerprint density at radius 3 is 2.09 bits per heavy atom. The highest BCUT2D eigenvalue weighted by molar-refractivity contribution is 7.86. The maximum atomic E-state index is 12.3. The van der Waals surface area contributed by atoms with Gasteiger partial charge in [0.2, 0.25) is 0 Å². The van der Waals surface area contributed by atoms with E-state index >= 15 is 0 Å². The monoisotopic (exact) mass is 330 g/mol. The molecule has 0 amide bonds. The third-order valence-electron chi connectivity index (χ3n) is 4.52. The van der Waals surface area contributed by atoms with E-state index < -0.39 is 10.1 Å². The third kappa shape index (κ3) is 4.01. The van der Waals surface area contributed by atoms with Crippen molar-refractivity contribution in [3.05, 3.63) is 65.7 Å². The molecule has 0 saturated heterocycles. The summed E-state index contributed by atoms with van der Waals surface area (Å²) in [4.78, 5) is 0.244. The maximum absolute atomic E-state index is 12.3. The molecule has 2 aromatic rings. The summed E-state index contributed by atoms with van der Waals surface area (Å²) in [7, 11) is -3.66. The van der Waals surface area contributed by atoms with E-state index in [1.54, 1.807) is 24.3 Å². The minimum Gasteiger partial charge on any atom is -0.263 e. The van der Waals surface area contributed by atoms with E-state index in [4.69, 9.17) is 4.18 Å². The molecule has 122 valence electrons. The SMILES string of the molecule is Cc1ccc(S(=O)(=O)O[C@H]2CC[C@H](c3ccccc3)CC2)cc1. The predicted octanol–water partition coefficient (Wildman–Crippen LogP) is 4.43. The Kier molecular flexibility index (Phi) is 4.83. The fourth-order valence-corrected chi connectivity index (χ4v) is 4.29. The van der Waals surface area contributed by atoms with Crippen LogP contribution in [0.15, 0.2) is 59.5 Å². The molecule has 0 heterocycles. The number of rotatable bonds is 4. The molecular weight excluding hydrogens is 308 g/mol. The van der Waals surface area contributed by atoms with Crippen LogP contribution < -0.4 is 0 Å². The van der Waals surface area contributed by atoms with Crippen molar-refractivity contribution in [3.63, 3.8) is 0 Å². The van der Waals surface area contributed by atoms with E-state index in [9.17, 15) is 8.42 Å². The fourth-order valence-electron chi connectivity index (χ4n) is 3.16. The Hall–Kier alpha value is -1.65. The highest BCUT2D eigenvalue weighted by Crippen LogP contribution is 2.35. The van der Waals surface area contributed by atoms with Gasteiger partial charge in [0, 0.05) is 0 Å². The zero-order valence-electron chi connectivity index (χ0n) is 13.3. The van der Waals surface area contributed by atoms with Gasteiger partial charge in [-0.3, -0.25) is 4.18 Å². The van der Waals surface area contributed by atoms with Crippen molar-refractivity contribution in [2.45, 2.75) is 49.5 Å². The van der Waals surface area contributed by atoms with Crippen molar-refractivity contribution >= 4 is 10.1 Å². The second kappa shape index (κ2) is 6.85. The largest absolute Gasteiger partial charge is 0.297 e. The van der Waals surface area contributed by atoms with Gasteiger partial charge < -0.3 is 0 Å². The van der Waals surface area contributed by atoms with E-state index in [1.165, 1.54) is 5.56 Å². The van der Waals surface area contributed by atoms with Crippen molar-refractivity contribution < 1.29 is 12.6 Å². The van der Waals surface area contributed by atoms with Gasteiger partial charge in [-0.1, -0.05) is 48.0 Å². The molecule has 0 unspecified atom stereocenters. The average Bonchev–Trinajstić information content (AvgIpc) is 2.56.